The second kappa shape index (κ2) is 8.23. The Morgan fingerprint density at radius 3 is 2.58 bits per heavy atom. The van der Waals surface area contributed by atoms with E-state index < -0.39 is 16.2 Å². The standard InChI is InChI=1S/C17H21NO5S/c1-14-6-2-3-8-17(14)23-13-16(19)12-18-10-5-4-7-15(18)9-11-24(20,21)22/h2-8,10,16,19H,9,11-13H2,1H3/p+1. The van der Waals surface area contributed by atoms with Crippen molar-refractivity contribution >= 4 is 10.1 Å². The maximum absolute atomic E-state index is 10.9. The van der Waals surface area contributed by atoms with Crippen LogP contribution in [0.4, 0.5) is 0 Å². The lowest BCUT2D eigenvalue weighted by Crippen LogP contribution is -2.45. The van der Waals surface area contributed by atoms with E-state index >= 15 is 0 Å². The Balaban J connectivity index is 1.96. The van der Waals surface area contributed by atoms with E-state index in [4.69, 9.17) is 9.29 Å². The Bertz CT molecular complexity index is 776. The lowest BCUT2D eigenvalue weighted by Gasteiger charge is -2.12. The van der Waals surface area contributed by atoms with E-state index in [0.717, 1.165) is 11.3 Å². The first kappa shape index (κ1) is 18.4. The summed E-state index contributed by atoms with van der Waals surface area (Å²) in [5.74, 6) is 0.369. The maximum atomic E-state index is 10.9. The monoisotopic (exact) mass is 352 g/mol. The number of ether oxygens (including phenoxy) is 1. The van der Waals surface area contributed by atoms with Gasteiger partial charge in [0.15, 0.2) is 18.4 Å². The SMILES string of the molecule is Cc1ccccc1OCC(O)C[n+]1ccccc1CCS(=O)(=O)O. The summed E-state index contributed by atoms with van der Waals surface area (Å²) in [6.45, 7) is 2.33. The lowest BCUT2D eigenvalue weighted by molar-refractivity contribution is -0.710. The number of pyridine rings is 1. The Morgan fingerprint density at radius 2 is 1.88 bits per heavy atom. The van der Waals surface area contributed by atoms with Crippen LogP contribution < -0.4 is 9.30 Å². The normalized spacial score (nSPS) is 12.8. The maximum Gasteiger partial charge on any atom is 0.265 e. The molecule has 0 spiro atoms. The highest BCUT2D eigenvalue weighted by Gasteiger charge is 2.18. The number of aliphatic hydroxyl groups excluding tert-OH is 1. The minimum Gasteiger partial charge on any atom is -0.490 e. The molecule has 7 heteroatoms. The van der Waals surface area contributed by atoms with Crippen molar-refractivity contribution in [3.63, 3.8) is 0 Å². The van der Waals surface area contributed by atoms with E-state index in [1.54, 1.807) is 29.0 Å². The third-order valence-electron chi connectivity index (χ3n) is 3.58. The molecule has 1 atom stereocenters. The highest BCUT2D eigenvalue weighted by molar-refractivity contribution is 7.85. The van der Waals surface area contributed by atoms with Gasteiger partial charge in [0.05, 0.1) is 5.75 Å². The Labute approximate surface area is 142 Å². The largest absolute Gasteiger partial charge is 0.490 e. The summed E-state index contributed by atoms with van der Waals surface area (Å²) in [5.41, 5.74) is 1.70. The first-order valence-corrected chi connectivity index (χ1v) is 9.25. The Morgan fingerprint density at radius 1 is 1.17 bits per heavy atom. The average Bonchev–Trinajstić information content (AvgIpc) is 2.52. The quantitative estimate of drug-likeness (QED) is 0.550. The van der Waals surface area contributed by atoms with Gasteiger partial charge in [-0.3, -0.25) is 4.55 Å². The summed E-state index contributed by atoms with van der Waals surface area (Å²) in [5, 5.41) is 10.2. The third-order valence-corrected chi connectivity index (χ3v) is 4.30. The smallest absolute Gasteiger partial charge is 0.265 e. The van der Waals surface area contributed by atoms with Gasteiger partial charge in [-0.05, 0) is 18.6 Å². The predicted molar refractivity (Wildman–Crippen MR) is 89.4 cm³/mol. The predicted octanol–water partition coefficient (Wildman–Crippen LogP) is 1.15. The van der Waals surface area contributed by atoms with Gasteiger partial charge in [0, 0.05) is 18.6 Å². The fourth-order valence-electron chi connectivity index (χ4n) is 2.33. The number of nitrogens with zero attached hydrogens (tertiary/aromatic N) is 1. The first-order valence-electron chi connectivity index (χ1n) is 7.64. The number of aromatic nitrogens is 1. The number of benzene rings is 1. The zero-order chi connectivity index (χ0) is 17.6. The van der Waals surface area contributed by atoms with Gasteiger partial charge in [0.2, 0.25) is 0 Å². The van der Waals surface area contributed by atoms with Crippen LogP contribution in [-0.2, 0) is 23.1 Å². The summed E-state index contributed by atoms with van der Waals surface area (Å²) >= 11 is 0. The van der Waals surface area contributed by atoms with E-state index in [0.29, 0.717) is 5.69 Å². The topological polar surface area (TPSA) is 87.7 Å². The van der Waals surface area contributed by atoms with Crippen LogP contribution in [0.2, 0.25) is 0 Å². The van der Waals surface area contributed by atoms with E-state index in [1.807, 2.05) is 31.2 Å². The third kappa shape index (κ3) is 5.92. The second-order valence-corrected chi connectivity index (χ2v) is 7.18. The van der Waals surface area contributed by atoms with Gasteiger partial charge in [-0.1, -0.05) is 24.3 Å². The van der Waals surface area contributed by atoms with Crippen molar-refractivity contribution in [2.45, 2.75) is 26.0 Å². The molecule has 2 N–H and O–H groups in total. The van der Waals surface area contributed by atoms with Crippen LogP contribution in [0.1, 0.15) is 11.3 Å². The molecule has 2 aromatic rings. The Kier molecular flexibility index (Phi) is 6.30. The van der Waals surface area contributed by atoms with Gasteiger partial charge < -0.3 is 9.84 Å². The second-order valence-electron chi connectivity index (χ2n) is 5.61. The molecule has 0 bridgehead atoms. The molecule has 0 aliphatic carbocycles. The van der Waals surface area contributed by atoms with Gasteiger partial charge in [0.25, 0.3) is 10.1 Å². The van der Waals surface area contributed by atoms with Gasteiger partial charge in [-0.2, -0.15) is 13.0 Å². The van der Waals surface area contributed by atoms with E-state index in [-0.39, 0.29) is 25.3 Å². The molecule has 0 amide bonds. The molecule has 0 aliphatic heterocycles. The van der Waals surface area contributed by atoms with Crippen LogP contribution in [-0.4, -0.2) is 36.5 Å². The average molecular weight is 352 g/mol. The molecule has 0 fully saturated rings. The van der Waals surface area contributed by atoms with Crippen LogP contribution in [0.15, 0.2) is 48.7 Å². The molecule has 0 saturated heterocycles. The van der Waals surface area contributed by atoms with Crippen molar-refractivity contribution in [3.8, 4) is 5.75 Å². The first-order chi connectivity index (χ1) is 11.3. The zero-order valence-electron chi connectivity index (χ0n) is 13.5. The number of hydrogen-bond donors (Lipinski definition) is 2. The molecule has 1 aromatic heterocycles. The minimum atomic E-state index is -4.02. The zero-order valence-corrected chi connectivity index (χ0v) is 14.3. The van der Waals surface area contributed by atoms with Crippen LogP contribution in [0.3, 0.4) is 0 Å². The summed E-state index contributed by atoms with van der Waals surface area (Å²) in [6, 6.07) is 12.9. The van der Waals surface area contributed by atoms with Gasteiger partial charge >= 0.3 is 0 Å². The van der Waals surface area contributed by atoms with Crippen molar-refractivity contribution in [3.05, 3.63) is 59.9 Å². The summed E-state index contributed by atoms with van der Waals surface area (Å²) in [4.78, 5) is 0. The molecule has 0 saturated carbocycles. The van der Waals surface area contributed by atoms with Crippen LogP contribution in [0.25, 0.3) is 0 Å². The number of rotatable bonds is 8. The molecule has 1 unspecified atom stereocenters. The van der Waals surface area contributed by atoms with Crippen molar-refractivity contribution in [1.29, 1.82) is 0 Å². The molecule has 2 rings (SSSR count). The minimum absolute atomic E-state index is 0.129. The number of aliphatic hydroxyl groups is 1. The van der Waals surface area contributed by atoms with Gasteiger partial charge in [0.1, 0.15) is 18.5 Å². The highest BCUT2D eigenvalue weighted by Crippen LogP contribution is 2.16. The number of hydrogen-bond acceptors (Lipinski definition) is 4. The van der Waals surface area contributed by atoms with Crippen LogP contribution in [0.5, 0.6) is 5.75 Å². The molecule has 0 aliphatic rings. The molecule has 0 radical (unpaired) electrons. The summed E-state index contributed by atoms with van der Waals surface area (Å²) in [6.07, 6.45) is 1.18. The molecule has 1 aromatic carbocycles. The van der Waals surface area contributed by atoms with Crippen molar-refractivity contribution in [2.75, 3.05) is 12.4 Å². The van der Waals surface area contributed by atoms with E-state index in [2.05, 4.69) is 0 Å². The van der Waals surface area contributed by atoms with Gasteiger partial charge in [-0.25, -0.2) is 0 Å². The number of aryl methyl sites for hydroxylation is 2. The fraction of sp³-hybridized carbons (Fsp3) is 0.353. The van der Waals surface area contributed by atoms with Crippen molar-refractivity contribution in [1.82, 2.24) is 0 Å². The van der Waals surface area contributed by atoms with E-state index in [1.165, 1.54) is 0 Å². The molecular weight excluding hydrogens is 330 g/mol. The lowest BCUT2D eigenvalue weighted by atomic mass is 10.2. The van der Waals surface area contributed by atoms with Crippen LogP contribution >= 0.6 is 0 Å². The molecule has 130 valence electrons. The molecule has 24 heavy (non-hydrogen) atoms. The summed E-state index contributed by atoms with van der Waals surface area (Å²) in [7, 11) is -4.02. The van der Waals surface area contributed by atoms with Crippen LogP contribution in [0, 0.1) is 6.92 Å². The van der Waals surface area contributed by atoms with E-state index in [9.17, 15) is 13.5 Å². The van der Waals surface area contributed by atoms with Crippen molar-refractivity contribution in [2.24, 2.45) is 0 Å². The van der Waals surface area contributed by atoms with Gasteiger partial charge in [-0.15, -0.1) is 0 Å². The van der Waals surface area contributed by atoms with Crippen molar-refractivity contribution < 1.29 is 27.4 Å². The highest BCUT2D eigenvalue weighted by atomic mass is 32.2. The fourth-order valence-corrected chi connectivity index (χ4v) is 2.80. The number of para-hydroxylation sites is 1. The molecular formula is C17H22NO5S+. The molecule has 6 nitrogen and oxygen atoms in total. The molecule has 1 heterocycles. The Hall–Kier alpha value is -1.96. The summed E-state index contributed by atoms with van der Waals surface area (Å²) < 4.78 is 38.1.